The molecule has 0 radical (unpaired) electrons. The van der Waals surface area contributed by atoms with Crippen molar-refractivity contribution in [2.45, 2.75) is 59.3 Å². The van der Waals surface area contributed by atoms with Crippen molar-refractivity contribution in [2.75, 3.05) is 26.7 Å². The zero-order valence-electron chi connectivity index (χ0n) is 13.9. The molecule has 19 heavy (non-hydrogen) atoms. The van der Waals surface area contributed by atoms with Crippen molar-refractivity contribution in [2.24, 2.45) is 0 Å². The van der Waals surface area contributed by atoms with E-state index in [-0.39, 0.29) is 1.43 Å². The Hall–Kier alpha value is -0.170. The Morgan fingerprint density at radius 2 is 1.05 bits per heavy atom. The first-order valence-corrected chi connectivity index (χ1v) is 8.52. The van der Waals surface area contributed by atoms with Crippen LogP contribution in [0, 0.1) is 0 Å². The molecular weight excluding hydrogens is 266 g/mol. The van der Waals surface area contributed by atoms with E-state index in [1.807, 2.05) is 0 Å². The summed E-state index contributed by atoms with van der Waals surface area (Å²) in [6.07, 6.45) is 8.20. The lowest BCUT2D eigenvalue weighted by Crippen LogP contribution is -2.46. The van der Waals surface area contributed by atoms with Gasteiger partial charge in [0, 0.05) is 10.4 Å². The van der Waals surface area contributed by atoms with Gasteiger partial charge in [0.1, 0.15) is 0 Å². The number of hydrogen-bond donors (Lipinski definition) is 0. The highest BCUT2D eigenvalue weighted by molar-refractivity contribution is 7.79. The van der Waals surface area contributed by atoms with Crippen molar-refractivity contribution >= 4 is 10.4 Å². The molecule has 0 aliphatic heterocycles. The Balaban J connectivity index is -0.000000414. The van der Waals surface area contributed by atoms with E-state index in [1.54, 1.807) is 0 Å². The number of quaternary nitrogens is 1. The second-order valence-electron chi connectivity index (χ2n) is 5.26. The zero-order chi connectivity index (χ0) is 15.4. The molecule has 0 aromatic carbocycles. The SMILES string of the molecule is CCCC[N+](C)(CCCC)CCCC.O=S(=O)([O-])[O-].[H+]. The van der Waals surface area contributed by atoms with Gasteiger partial charge in [-0.05, 0) is 19.3 Å². The van der Waals surface area contributed by atoms with Crippen LogP contribution in [0.2, 0.25) is 0 Å². The summed E-state index contributed by atoms with van der Waals surface area (Å²) in [5.74, 6) is 0. The van der Waals surface area contributed by atoms with E-state index >= 15 is 0 Å². The second kappa shape index (κ2) is 11.6. The van der Waals surface area contributed by atoms with Crippen LogP contribution in [0.1, 0.15) is 60.7 Å². The van der Waals surface area contributed by atoms with Gasteiger partial charge in [0.2, 0.25) is 0 Å². The first kappa shape index (κ1) is 21.1. The largest absolute Gasteiger partial charge is 1.00 e. The molecule has 118 valence electrons. The number of unbranched alkanes of at least 4 members (excludes halogenated alkanes) is 3. The second-order valence-corrected chi connectivity index (χ2v) is 6.08. The normalized spacial score (nSPS) is 11.9. The topological polar surface area (TPSA) is 80.3 Å². The summed E-state index contributed by atoms with van der Waals surface area (Å²) in [6, 6.07) is 0. The number of hydrogen-bond acceptors (Lipinski definition) is 4. The molecule has 0 aliphatic rings. The Bertz CT molecular complexity index is 267. The van der Waals surface area contributed by atoms with Crippen LogP contribution < -0.4 is 0 Å². The molecule has 0 aliphatic carbocycles. The summed E-state index contributed by atoms with van der Waals surface area (Å²) in [5, 5.41) is 0. The van der Waals surface area contributed by atoms with Gasteiger partial charge in [0.05, 0.1) is 26.7 Å². The fourth-order valence-corrected chi connectivity index (χ4v) is 1.95. The van der Waals surface area contributed by atoms with Gasteiger partial charge in [-0.2, -0.15) is 0 Å². The molecule has 0 N–H and O–H groups in total. The van der Waals surface area contributed by atoms with Crippen molar-refractivity contribution in [3.05, 3.63) is 0 Å². The quantitative estimate of drug-likeness (QED) is 0.372. The molecule has 0 saturated heterocycles. The fourth-order valence-electron chi connectivity index (χ4n) is 1.95. The molecule has 0 atom stereocenters. The monoisotopic (exact) mass is 297 g/mol. The predicted octanol–water partition coefficient (Wildman–Crippen LogP) is 2.61. The third kappa shape index (κ3) is 20.3. The summed E-state index contributed by atoms with van der Waals surface area (Å²) >= 11 is 0. The molecule has 0 bridgehead atoms. The molecule has 0 heterocycles. The molecule has 0 rings (SSSR count). The Morgan fingerprint density at radius 1 is 0.842 bits per heavy atom. The highest BCUT2D eigenvalue weighted by Gasteiger charge is 2.18. The lowest BCUT2D eigenvalue weighted by atomic mass is 10.2. The van der Waals surface area contributed by atoms with Crippen LogP contribution in [-0.4, -0.2) is 48.7 Å². The van der Waals surface area contributed by atoms with E-state index in [1.165, 1.54) is 62.6 Å². The van der Waals surface area contributed by atoms with Crippen LogP contribution in [-0.2, 0) is 10.4 Å². The van der Waals surface area contributed by atoms with Crippen LogP contribution in [0.4, 0.5) is 0 Å². The minimum atomic E-state index is -5.17. The van der Waals surface area contributed by atoms with Crippen molar-refractivity contribution in [1.82, 2.24) is 0 Å². The van der Waals surface area contributed by atoms with Gasteiger partial charge >= 0.3 is 1.43 Å². The van der Waals surface area contributed by atoms with Gasteiger partial charge in [-0.15, -0.1) is 0 Å². The lowest BCUT2D eigenvalue weighted by Gasteiger charge is -2.34. The standard InChI is InChI=1S/C13H30N.H2O4S/c1-5-8-11-14(4,12-9-6-2)13-10-7-3;1-5(2,3)4/h5-13H2,1-4H3;(H2,1,2,3,4)/q+1;/p-1. The third-order valence-corrected chi connectivity index (χ3v) is 3.15. The van der Waals surface area contributed by atoms with Crippen LogP contribution in [0.25, 0.3) is 0 Å². The van der Waals surface area contributed by atoms with Gasteiger partial charge in [-0.25, -0.2) is 0 Å². The maximum atomic E-state index is 8.52. The third-order valence-electron chi connectivity index (χ3n) is 3.15. The van der Waals surface area contributed by atoms with E-state index in [4.69, 9.17) is 17.5 Å². The molecule has 0 amide bonds. The average molecular weight is 297 g/mol. The Labute approximate surface area is 120 Å². The average Bonchev–Trinajstić information content (AvgIpc) is 2.30. The first-order valence-electron chi connectivity index (χ1n) is 7.18. The highest BCUT2D eigenvalue weighted by Crippen LogP contribution is 2.10. The minimum Gasteiger partial charge on any atom is -0.759 e. The zero-order valence-corrected chi connectivity index (χ0v) is 13.7. The van der Waals surface area contributed by atoms with Crippen LogP contribution in [0.5, 0.6) is 0 Å². The Morgan fingerprint density at radius 3 is 1.21 bits per heavy atom. The van der Waals surface area contributed by atoms with E-state index < -0.39 is 10.4 Å². The van der Waals surface area contributed by atoms with Gasteiger partial charge in [-0.3, -0.25) is 8.42 Å². The molecule has 0 aromatic rings. The van der Waals surface area contributed by atoms with E-state index in [0.29, 0.717) is 0 Å². The first-order chi connectivity index (χ1) is 8.68. The maximum absolute atomic E-state index is 8.52. The molecular formula is C13H31NO4S. The minimum absolute atomic E-state index is 0. The molecule has 0 spiro atoms. The van der Waals surface area contributed by atoms with Gasteiger partial charge in [-0.1, -0.05) is 40.0 Å². The summed E-state index contributed by atoms with van der Waals surface area (Å²) in [6.45, 7) is 11.0. The van der Waals surface area contributed by atoms with Crippen LogP contribution >= 0.6 is 0 Å². The van der Waals surface area contributed by atoms with Gasteiger partial charge in [0.25, 0.3) is 0 Å². The predicted molar refractivity (Wildman–Crippen MR) is 77.1 cm³/mol. The maximum Gasteiger partial charge on any atom is 1.00 e. The number of rotatable bonds is 9. The molecule has 0 fully saturated rings. The molecule has 5 nitrogen and oxygen atoms in total. The van der Waals surface area contributed by atoms with Crippen LogP contribution in [0.3, 0.4) is 0 Å². The number of nitrogens with zero attached hydrogens (tertiary/aromatic N) is 1. The fraction of sp³-hybridized carbons (Fsp3) is 1.00. The smallest absolute Gasteiger partial charge is 0.759 e. The lowest BCUT2D eigenvalue weighted by molar-refractivity contribution is -0.910. The van der Waals surface area contributed by atoms with Gasteiger partial charge < -0.3 is 13.6 Å². The summed E-state index contributed by atoms with van der Waals surface area (Å²) in [5.41, 5.74) is 0. The summed E-state index contributed by atoms with van der Waals surface area (Å²) in [7, 11) is -2.72. The Kier molecular flexibility index (Phi) is 12.9. The van der Waals surface area contributed by atoms with E-state index in [9.17, 15) is 0 Å². The molecule has 0 unspecified atom stereocenters. The van der Waals surface area contributed by atoms with E-state index in [2.05, 4.69) is 27.8 Å². The van der Waals surface area contributed by atoms with Crippen molar-refractivity contribution in [3.8, 4) is 0 Å². The van der Waals surface area contributed by atoms with Crippen LogP contribution in [0.15, 0.2) is 0 Å². The molecule has 6 heteroatoms. The molecule has 0 aromatic heterocycles. The highest BCUT2D eigenvalue weighted by atomic mass is 32.3. The summed E-state index contributed by atoms with van der Waals surface area (Å²) < 4.78 is 35.4. The van der Waals surface area contributed by atoms with Crippen molar-refractivity contribution in [1.29, 1.82) is 0 Å². The van der Waals surface area contributed by atoms with Crippen molar-refractivity contribution in [3.63, 3.8) is 0 Å². The molecule has 0 saturated carbocycles. The summed E-state index contributed by atoms with van der Waals surface area (Å²) in [4.78, 5) is 0. The van der Waals surface area contributed by atoms with Crippen molar-refractivity contribution < 1.29 is 23.4 Å². The van der Waals surface area contributed by atoms with Gasteiger partial charge in [0.15, 0.2) is 0 Å². The van der Waals surface area contributed by atoms with E-state index in [0.717, 1.165) is 0 Å².